The minimum absolute atomic E-state index is 0.0193. The van der Waals surface area contributed by atoms with E-state index in [4.69, 9.17) is 5.26 Å². The maximum Gasteiger partial charge on any atom is 0.274 e. The normalized spacial score (nSPS) is 9.93. The summed E-state index contributed by atoms with van der Waals surface area (Å²) in [5.41, 5.74) is 2.22. The molecule has 0 radical (unpaired) electrons. The molecule has 3 aromatic rings. The fraction of sp³-hybridized carbons (Fsp3) is 0.0500. The lowest BCUT2D eigenvalue weighted by Gasteiger charge is -2.08. The molecule has 27 heavy (non-hydrogen) atoms. The van der Waals surface area contributed by atoms with E-state index >= 15 is 0 Å². The molecule has 0 unspecified atom stereocenters. The molecule has 0 aliphatic heterocycles. The van der Waals surface area contributed by atoms with Gasteiger partial charge < -0.3 is 10.6 Å². The minimum Gasteiger partial charge on any atom is -0.324 e. The van der Waals surface area contributed by atoms with Gasteiger partial charge in [-0.25, -0.2) is 9.97 Å². The average Bonchev–Trinajstić information content (AvgIpc) is 2.69. The number of para-hydroxylation sites is 1. The van der Waals surface area contributed by atoms with E-state index in [0.29, 0.717) is 22.5 Å². The molecular formula is C20H15N5O2. The monoisotopic (exact) mass is 357 g/mol. The number of carbonyl (C=O) groups is 2. The van der Waals surface area contributed by atoms with Gasteiger partial charge in [0.1, 0.15) is 11.8 Å². The van der Waals surface area contributed by atoms with E-state index in [0.717, 1.165) is 0 Å². The molecule has 0 spiro atoms. The van der Waals surface area contributed by atoms with Crippen molar-refractivity contribution in [1.82, 2.24) is 9.97 Å². The van der Waals surface area contributed by atoms with Crippen LogP contribution in [0.1, 0.15) is 33.3 Å². The Kier molecular flexibility index (Phi) is 5.19. The second-order valence-corrected chi connectivity index (χ2v) is 5.64. The van der Waals surface area contributed by atoms with Crippen molar-refractivity contribution in [2.24, 2.45) is 0 Å². The van der Waals surface area contributed by atoms with Gasteiger partial charge in [-0.1, -0.05) is 12.1 Å². The highest BCUT2D eigenvalue weighted by atomic mass is 16.2. The van der Waals surface area contributed by atoms with Gasteiger partial charge in [0.25, 0.3) is 5.91 Å². The molecule has 2 aromatic carbocycles. The molecule has 0 saturated carbocycles. The molecule has 7 nitrogen and oxygen atoms in total. The van der Waals surface area contributed by atoms with Gasteiger partial charge in [-0.15, -0.1) is 0 Å². The third kappa shape index (κ3) is 4.32. The van der Waals surface area contributed by atoms with Crippen molar-refractivity contribution in [2.75, 3.05) is 10.6 Å². The quantitative estimate of drug-likeness (QED) is 0.676. The van der Waals surface area contributed by atoms with E-state index < -0.39 is 5.91 Å². The van der Waals surface area contributed by atoms with E-state index in [1.54, 1.807) is 48.5 Å². The Morgan fingerprint density at radius 2 is 1.78 bits per heavy atom. The van der Waals surface area contributed by atoms with E-state index in [-0.39, 0.29) is 17.4 Å². The van der Waals surface area contributed by atoms with Gasteiger partial charge in [-0.05, 0) is 49.4 Å². The first-order valence-corrected chi connectivity index (χ1v) is 8.08. The van der Waals surface area contributed by atoms with Crippen molar-refractivity contribution >= 4 is 29.0 Å². The standard InChI is InChI=1S/C20H15N5O2/c1-13(26)14-6-8-16(9-7-14)23-20-22-11-10-18(25-20)19(27)24-17-5-3-2-4-15(17)12-21/h2-11H,1H3,(H,24,27)(H,22,23,25). The van der Waals surface area contributed by atoms with E-state index in [2.05, 4.69) is 20.6 Å². The first kappa shape index (κ1) is 17.8. The lowest BCUT2D eigenvalue weighted by molar-refractivity contribution is 0.101. The average molecular weight is 357 g/mol. The fourth-order valence-corrected chi connectivity index (χ4v) is 2.34. The molecule has 0 bridgehead atoms. The smallest absolute Gasteiger partial charge is 0.274 e. The lowest BCUT2D eigenvalue weighted by atomic mass is 10.1. The zero-order valence-corrected chi connectivity index (χ0v) is 14.4. The Morgan fingerprint density at radius 3 is 2.48 bits per heavy atom. The van der Waals surface area contributed by atoms with Gasteiger partial charge in [0.05, 0.1) is 11.3 Å². The number of rotatable bonds is 5. The highest BCUT2D eigenvalue weighted by Gasteiger charge is 2.11. The Balaban J connectivity index is 1.76. The van der Waals surface area contributed by atoms with Gasteiger partial charge in [-0.3, -0.25) is 9.59 Å². The predicted molar refractivity (Wildman–Crippen MR) is 101 cm³/mol. The number of amides is 1. The summed E-state index contributed by atoms with van der Waals surface area (Å²) < 4.78 is 0. The molecule has 0 saturated heterocycles. The van der Waals surface area contributed by atoms with Crippen LogP contribution in [0.25, 0.3) is 0 Å². The Labute approximate surface area is 155 Å². The molecule has 3 rings (SSSR count). The summed E-state index contributed by atoms with van der Waals surface area (Å²) in [7, 11) is 0. The summed E-state index contributed by atoms with van der Waals surface area (Å²) in [6, 6.07) is 17.1. The van der Waals surface area contributed by atoms with Crippen LogP contribution in [-0.2, 0) is 0 Å². The highest BCUT2D eigenvalue weighted by molar-refractivity contribution is 6.03. The molecule has 7 heteroatoms. The summed E-state index contributed by atoms with van der Waals surface area (Å²) in [4.78, 5) is 32.0. The molecule has 0 atom stereocenters. The van der Waals surface area contributed by atoms with Crippen LogP contribution >= 0.6 is 0 Å². The van der Waals surface area contributed by atoms with Crippen LogP contribution in [0.3, 0.4) is 0 Å². The van der Waals surface area contributed by atoms with Crippen molar-refractivity contribution in [3.63, 3.8) is 0 Å². The molecule has 1 heterocycles. The second-order valence-electron chi connectivity index (χ2n) is 5.64. The Bertz CT molecular complexity index is 1040. The summed E-state index contributed by atoms with van der Waals surface area (Å²) in [5, 5.41) is 14.8. The SMILES string of the molecule is CC(=O)c1ccc(Nc2nccc(C(=O)Nc3ccccc3C#N)n2)cc1. The zero-order chi connectivity index (χ0) is 19.2. The second kappa shape index (κ2) is 7.89. The first-order valence-electron chi connectivity index (χ1n) is 8.08. The number of aromatic nitrogens is 2. The van der Waals surface area contributed by atoms with Gasteiger partial charge in [0, 0.05) is 17.4 Å². The number of nitrogens with zero attached hydrogens (tertiary/aromatic N) is 3. The van der Waals surface area contributed by atoms with Gasteiger partial charge in [-0.2, -0.15) is 5.26 Å². The number of anilines is 3. The maximum atomic E-state index is 12.4. The number of Topliss-reactive ketones (excluding diaryl/α,β-unsaturated/α-hetero) is 1. The van der Waals surface area contributed by atoms with Gasteiger partial charge >= 0.3 is 0 Å². The van der Waals surface area contributed by atoms with Gasteiger partial charge in [0.2, 0.25) is 5.95 Å². The van der Waals surface area contributed by atoms with Gasteiger partial charge in [0.15, 0.2) is 5.78 Å². The van der Waals surface area contributed by atoms with Crippen LogP contribution < -0.4 is 10.6 Å². The minimum atomic E-state index is -0.449. The van der Waals surface area contributed by atoms with Crippen LogP contribution in [0.5, 0.6) is 0 Å². The van der Waals surface area contributed by atoms with Crippen LogP contribution in [0.4, 0.5) is 17.3 Å². The number of benzene rings is 2. The predicted octanol–water partition coefficient (Wildman–Crippen LogP) is 3.55. The zero-order valence-electron chi connectivity index (χ0n) is 14.4. The molecule has 0 aliphatic rings. The fourth-order valence-electron chi connectivity index (χ4n) is 2.34. The molecule has 2 N–H and O–H groups in total. The molecular weight excluding hydrogens is 342 g/mol. The number of carbonyl (C=O) groups excluding carboxylic acids is 2. The van der Waals surface area contributed by atoms with Crippen LogP contribution in [-0.4, -0.2) is 21.7 Å². The molecule has 1 amide bonds. The number of nitrogens with one attached hydrogen (secondary N) is 2. The maximum absolute atomic E-state index is 12.4. The van der Waals surface area contributed by atoms with Crippen molar-refractivity contribution in [3.05, 3.63) is 77.6 Å². The van der Waals surface area contributed by atoms with E-state index in [1.807, 2.05) is 6.07 Å². The molecule has 132 valence electrons. The number of ketones is 1. The third-order valence-electron chi connectivity index (χ3n) is 3.73. The highest BCUT2D eigenvalue weighted by Crippen LogP contribution is 2.16. The van der Waals surface area contributed by atoms with E-state index in [1.165, 1.54) is 19.2 Å². The van der Waals surface area contributed by atoms with Crippen molar-refractivity contribution < 1.29 is 9.59 Å². The van der Waals surface area contributed by atoms with Crippen molar-refractivity contribution in [1.29, 1.82) is 5.26 Å². The number of hydrogen-bond donors (Lipinski definition) is 2. The summed E-state index contributed by atoms with van der Waals surface area (Å²) in [6.07, 6.45) is 1.46. The molecule has 0 aliphatic carbocycles. The number of nitriles is 1. The molecule has 1 aromatic heterocycles. The summed E-state index contributed by atoms with van der Waals surface area (Å²) >= 11 is 0. The number of hydrogen-bond acceptors (Lipinski definition) is 6. The van der Waals surface area contributed by atoms with Crippen molar-refractivity contribution in [3.8, 4) is 6.07 Å². The summed E-state index contributed by atoms with van der Waals surface area (Å²) in [6.45, 7) is 1.50. The topological polar surface area (TPSA) is 108 Å². The third-order valence-corrected chi connectivity index (χ3v) is 3.73. The lowest BCUT2D eigenvalue weighted by Crippen LogP contribution is -2.15. The van der Waals surface area contributed by atoms with Crippen LogP contribution in [0, 0.1) is 11.3 Å². The summed E-state index contributed by atoms with van der Waals surface area (Å²) in [5.74, 6) is -0.226. The largest absolute Gasteiger partial charge is 0.324 e. The molecule has 0 fully saturated rings. The Hall–Kier alpha value is -4.05. The van der Waals surface area contributed by atoms with Crippen molar-refractivity contribution in [2.45, 2.75) is 6.92 Å². The Morgan fingerprint density at radius 1 is 1.04 bits per heavy atom. The first-order chi connectivity index (χ1) is 13.1. The van der Waals surface area contributed by atoms with E-state index in [9.17, 15) is 9.59 Å². The van der Waals surface area contributed by atoms with Crippen LogP contribution in [0.15, 0.2) is 60.8 Å². The van der Waals surface area contributed by atoms with Crippen LogP contribution in [0.2, 0.25) is 0 Å².